The summed E-state index contributed by atoms with van der Waals surface area (Å²) in [5, 5.41) is 10.7. The van der Waals surface area contributed by atoms with Gasteiger partial charge in [-0.15, -0.1) is 0 Å². The number of hydrogen-bond acceptors (Lipinski definition) is 5. The third-order valence-corrected chi connectivity index (χ3v) is 6.50. The van der Waals surface area contributed by atoms with Gasteiger partial charge in [-0.3, -0.25) is 9.69 Å². The van der Waals surface area contributed by atoms with E-state index in [4.69, 9.17) is 9.73 Å². The Kier molecular flexibility index (Phi) is 6.89. The molecule has 1 aliphatic rings. The van der Waals surface area contributed by atoms with E-state index < -0.39 is 0 Å². The third kappa shape index (κ3) is 4.78. The van der Waals surface area contributed by atoms with Crippen LogP contribution in [0.15, 0.2) is 46.3 Å². The zero-order valence-corrected chi connectivity index (χ0v) is 19.7. The Labute approximate surface area is 189 Å². The van der Waals surface area contributed by atoms with Gasteiger partial charge in [-0.1, -0.05) is 24.6 Å². The van der Waals surface area contributed by atoms with Crippen LogP contribution in [0.1, 0.15) is 31.4 Å². The first-order valence-corrected chi connectivity index (χ1v) is 11.2. The number of halogens is 1. The lowest BCUT2D eigenvalue weighted by Crippen LogP contribution is -2.36. The SMILES string of the molecule is CC[C@H](C)N1C(=O)/C(=C\c2cc(I)c(O)c(OC)c2)SC1=Nc1ccc(C)cc1. The van der Waals surface area contributed by atoms with Gasteiger partial charge in [-0.05, 0) is 90.5 Å². The topological polar surface area (TPSA) is 62.1 Å². The van der Waals surface area contributed by atoms with Crippen LogP contribution in [0, 0.1) is 10.5 Å². The number of phenolic OH excluding ortho intramolecular Hbond substituents is 1. The van der Waals surface area contributed by atoms with Crippen molar-refractivity contribution in [3.8, 4) is 11.5 Å². The highest BCUT2D eigenvalue weighted by Gasteiger charge is 2.36. The fourth-order valence-corrected chi connectivity index (χ4v) is 4.56. The van der Waals surface area contributed by atoms with Crippen molar-refractivity contribution in [1.82, 2.24) is 4.90 Å². The number of hydrogen-bond donors (Lipinski definition) is 1. The third-order valence-electron chi connectivity index (χ3n) is 4.70. The van der Waals surface area contributed by atoms with Gasteiger partial charge in [0.1, 0.15) is 0 Å². The van der Waals surface area contributed by atoms with Gasteiger partial charge >= 0.3 is 0 Å². The number of aromatic hydroxyl groups is 1. The molecule has 1 fully saturated rings. The molecule has 1 aliphatic heterocycles. The maximum absolute atomic E-state index is 13.1. The number of ether oxygens (including phenoxy) is 1. The molecule has 0 spiro atoms. The number of phenols is 1. The smallest absolute Gasteiger partial charge is 0.266 e. The van der Waals surface area contributed by atoms with E-state index in [1.807, 2.05) is 72.8 Å². The van der Waals surface area contributed by atoms with Crippen LogP contribution < -0.4 is 4.74 Å². The normalized spacial score (nSPS) is 18.0. The lowest BCUT2D eigenvalue weighted by molar-refractivity contribution is -0.123. The van der Waals surface area contributed by atoms with E-state index in [-0.39, 0.29) is 17.7 Å². The van der Waals surface area contributed by atoms with Gasteiger partial charge in [0, 0.05) is 6.04 Å². The predicted octanol–water partition coefficient (Wildman–Crippen LogP) is 5.72. The molecule has 152 valence electrons. The van der Waals surface area contributed by atoms with Crippen molar-refractivity contribution in [2.75, 3.05) is 7.11 Å². The summed E-state index contributed by atoms with van der Waals surface area (Å²) in [5.41, 5.74) is 2.78. The Morgan fingerprint density at radius 1 is 1.31 bits per heavy atom. The Hall–Kier alpha value is -2.00. The number of aryl methyl sites for hydroxylation is 1. The van der Waals surface area contributed by atoms with E-state index in [1.165, 1.54) is 24.4 Å². The molecule has 0 aromatic heterocycles. The average molecular weight is 522 g/mol. The molecule has 0 saturated carbocycles. The van der Waals surface area contributed by atoms with Crippen molar-refractivity contribution in [3.63, 3.8) is 0 Å². The number of amides is 1. The van der Waals surface area contributed by atoms with Crippen molar-refractivity contribution < 1.29 is 14.6 Å². The Balaban J connectivity index is 2.01. The van der Waals surface area contributed by atoms with Gasteiger partial charge in [-0.2, -0.15) is 0 Å². The minimum Gasteiger partial charge on any atom is -0.504 e. The van der Waals surface area contributed by atoms with E-state index in [2.05, 4.69) is 6.92 Å². The number of methoxy groups -OCH3 is 1. The van der Waals surface area contributed by atoms with Crippen LogP contribution >= 0.6 is 34.4 Å². The zero-order valence-electron chi connectivity index (χ0n) is 16.8. The lowest BCUT2D eigenvalue weighted by atomic mass is 10.1. The van der Waals surface area contributed by atoms with E-state index in [0.717, 1.165) is 17.7 Å². The molecule has 0 bridgehead atoms. The quantitative estimate of drug-likeness (QED) is 0.404. The number of aliphatic imine (C=N–C) groups is 1. The number of nitrogens with zero attached hydrogens (tertiary/aromatic N) is 2. The molecule has 5 nitrogen and oxygen atoms in total. The summed E-state index contributed by atoms with van der Waals surface area (Å²) in [4.78, 5) is 20.2. The first-order valence-electron chi connectivity index (χ1n) is 9.29. The van der Waals surface area contributed by atoms with Crippen LogP contribution in [0.5, 0.6) is 11.5 Å². The van der Waals surface area contributed by atoms with Crippen LogP contribution in [0.3, 0.4) is 0 Å². The Bertz CT molecular complexity index is 986. The molecule has 0 radical (unpaired) electrons. The van der Waals surface area contributed by atoms with Crippen molar-refractivity contribution in [3.05, 3.63) is 56.0 Å². The fraction of sp³-hybridized carbons (Fsp3) is 0.273. The van der Waals surface area contributed by atoms with E-state index in [0.29, 0.717) is 19.4 Å². The van der Waals surface area contributed by atoms with Gasteiger partial charge in [0.2, 0.25) is 0 Å². The predicted molar refractivity (Wildman–Crippen MR) is 128 cm³/mol. The Morgan fingerprint density at radius 2 is 2.00 bits per heavy atom. The monoisotopic (exact) mass is 522 g/mol. The number of carbonyl (C=O) groups is 1. The molecule has 2 aromatic rings. The molecular formula is C22H23IN2O3S. The maximum atomic E-state index is 13.1. The first-order chi connectivity index (χ1) is 13.8. The van der Waals surface area contributed by atoms with E-state index in [9.17, 15) is 9.90 Å². The molecule has 1 heterocycles. The van der Waals surface area contributed by atoms with E-state index >= 15 is 0 Å². The van der Waals surface area contributed by atoms with Crippen molar-refractivity contribution >= 4 is 57.2 Å². The van der Waals surface area contributed by atoms with E-state index in [1.54, 1.807) is 11.0 Å². The molecular weight excluding hydrogens is 499 g/mol. The summed E-state index contributed by atoms with van der Waals surface area (Å²) in [6.45, 7) is 6.12. The van der Waals surface area contributed by atoms with Gasteiger partial charge in [-0.25, -0.2) is 4.99 Å². The van der Waals surface area contributed by atoms with Crippen molar-refractivity contribution in [2.45, 2.75) is 33.2 Å². The molecule has 1 saturated heterocycles. The summed E-state index contributed by atoms with van der Waals surface area (Å²) in [6.07, 6.45) is 2.65. The highest BCUT2D eigenvalue weighted by Crippen LogP contribution is 2.38. The zero-order chi connectivity index (χ0) is 21.1. The number of amidine groups is 1. The minimum atomic E-state index is -0.0581. The van der Waals surface area contributed by atoms with Crippen LogP contribution in [-0.2, 0) is 4.79 Å². The second kappa shape index (κ2) is 9.21. The maximum Gasteiger partial charge on any atom is 0.266 e. The standard InChI is InChI=1S/C22H23IN2O3S/c1-5-14(3)25-21(27)19(12-15-10-17(23)20(26)18(11-15)28-4)29-22(25)24-16-8-6-13(2)7-9-16/h6-12,14,26H,5H2,1-4H3/b19-12+,24-22?/t14-/m0/s1. The summed E-state index contributed by atoms with van der Waals surface area (Å²) in [7, 11) is 1.51. The molecule has 29 heavy (non-hydrogen) atoms. The second-order valence-corrected chi connectivity index (χ2v) is 9.00. The molecule has 1 N–H and O–H groups in total. The van der Waals surface area contributed by atoms with Gasteiger partial charge in [0.15, 0.2) is 16.7 Å². The van der Waals surface area contributed by atoms with Crippen molar-refractivity contribution in [2.24, 2.45) is 4.99 Å². The largest absolute Gasteiger partial charge is 0.504 e. The van der Waals surface area contributed by atoms with Gasteiger partial charge in [0.25, 0.3) is 5.91 Å². The van der Waals surface area contributed by atoms with Crippen molar-refractivity contribution in [1.29, 1.82) is 0 Å². The molecule has 1 amide bonds. The Morgan fingerprint density at radius 3 is 2.62 bits per heavy atom. The van der Waals surface area contributed by atoms with Crippen LogP contribution in [0.2, 0.25) is 0 Å². The summed E-state index contributed by atoms with van der Waals surface area (Å²) in [5.74, 6) is 0.423. The summed E-state index contributed by atoms with van der Waals surface area (Å²) in [6, 6.07) is 11.5. The highest BCUT2D eigenvalue weighted by molar-refractivity contribution is 14.1. The van der Waals surface area contributed by atoms with Crippen LogP contribution in [0.25, 0.3) is 6.08 Å². The first kappa shape index (κ1) is 21.7. The summed E-state index contributed by atoms with van der Waals surface area (Å²) < 4.78 is 5.90. The van der Waals surface area contributed by atoms with Gasteiger partial charge < -0.3 is 9.84 Å². The molecule has 7 heteroatoms. The fourth-order valence-electron chi connectivity index (χ4n) is 2.85. The molecule has 2 aromatic carbocycles. The number of benzene rings is 2. The second-order valence-electron chi connectivity index (χ2n) is 6.83. The molecule has 0 aliphatic carbocycles. The molecule has 1 atom stereocenters. The average Bonchev–Trinajstić information content (AvgIpc) is 3.00. The lowest BCUT2D eigenvalue weighted by Gasteiger charge is -2.22. The van der Waals surface area contributed by atoms with Crippen LogP contribution in [-0.4, -0.2) is 34.2 Å². The minimum absolute atomic E-state index is 0.0413. The number of thioether (sulfide) groups is 1. The molecule has 3 rings (SSSR count). The van der Waals surface area contributed by atoms with Gasteiger partial charge in [0.05, 0.1) is 21.3 Å². The number of carbonyl (C=O) groups excluding carboxylic acids is 1. The highest BCUT2D eigenvalue weighted by atomic mass is 127. The summed E-state index contributed by atoms with van der Waals surface area (Å²) >= 11 is 3.42. The number of rotatable bonds is 5. The molecule has 0 unspecified atom stereocenters. The van der Waals surface area contributed by atoms with Crippen LogP contribution in [0.4, 0.5) is 5.69 Å².